The van der Waals surface area contributed by atoms with E-state index in [0.29, 0.717) is 0 Å². The van der Waals surface area contributed by atoms with E-state index in [1.54, 1.807) is 0 Å². The standard InChI is InChI=1S/C11H9FN2O3S2/c12-7-3-1-2-4-9(7)19(16,17)14-8-5-6-18-10(8)11(13)15/h1-6,14H,(H2,13,15). The molecule has 2 rings (SSSR count). The predicted octanol–water partition coefficient (Wildman–Crippen LogP) is 1.79. The van der Waals surface area contributed by atoms with Gasteiger partial charge in [0.1, 0.15) is 15.6 Å². The molecule has 1 aromatic heterocycles. The van der Waals surface area contributed by atoms with Gasteiger partial charge in [0, 0.05) is 0 Å². The summed E-state index contributed by atoms with van der Waals surface area (Å²) in [6.45, 7) is 0. The van der Waals surface area contributed by atoms with Gasteiger partial charge in [-0.25, -0.2) is 12.8 Å². The first-order valence-electron chi connectivity index (χ1n) is 5.06. The van der Waals surface area contributed by atoms with E-state index in [1.165, 1.54) is 23.6 Å². The third-order valence-corrected chi connectivity index (χ3v) is 4.59. The SMILES string of the molecule is NC(=O)c1sccc1NS(=O)(=O)c1ccccc1F. The maximum atomic E-state index is 13.5. The van der Waals surface area contributed by atoms with Crippen molar-refractivity contribution >= 4 is 33.0 Å². The van der Waals surface area contributed by atoms with Crippen molar-refractivity contribution in [3.63, 3.8) is 0 Å². The average Bonchev–Trinajstić information content (AvgIpc) is 2.76. The first-order chi connectivity index (χ1) is 8.92. The molecule has 100 valence electrons. The van der Waals surface area contributed by atoms with Gasteiger partial charge in [-0.05, 0) is 23.6 Å². The molecule has 19 heavy (non-hydrogen) atoms. The highest BCUT2D eigenvalue weighted by atomic mass is 32.2. The summed E-state index contributed by atoms with van der Waals surface area (Å²) in [7, 11) is -4.10. The molecule has 0 radical (unpaired) electrons. The smallest absolute Gasteiger partial charge is 0.264 e. The van der Waals surface area contributed by atoms with E-state index in [2.05, 4.69) is 4.72 Å². The quantitative estimate of drug-likeness (QED) is 0.902. The van der Waals surface area contributed by atoms with Gasteiger partial charge in [0.25, 0.3) is 15.9 Å². The van der Waals surface area contributed by atoms with Crippen LogP contribution in [0.3, 0.4) is 0 Å². The van der Waals surface area contributed by atoms with Crippen molar-refractivity contribution in [1.29, 1.82) is 0 Å². The molecular weight excluding hydrogens is 291 g/mol. The van der Waals surface area contributed by atoms with Crippen molar-refractivity contribution < 1.29 is 17.6 Å². The Morgan fingerprint density at radius 3 is 2.58 bits per heavy atom. The van der Waals surface area contributed by atoms with Crippen molar-refractivity contribution in [2.24, 2.45) is 5.73 Å². The molecule has 0 bridgehead atoms. The Labute approximate surface area is 112 Å². The zero-order chi connectivity index (χ0) is 14.0. The molecule has 0 fully saturated rings. The van der Waals surface area contributed by atoms with Gasteiger partial charge < -0.3 is 5.73 Å². The molecule has 1 heterocycles. The highest BCUT2D eigenvalue weighted by Gasteiger charge is 2.21. The van der Waals surface area contributed by atoms with Crippen LogP contribution in [0.1, 0.15) is 9.67 Å². The number of benzene rings is 1. The average molecular weight is 300 g/mol. The minimum absolute atomic E-state index is 0.0424. The minimum Gasteiger partial charge on any atom is -0.365 e. The minimum atomic E-state index is -4.10. The molecule has 0 unspecified atom stereocenters. The third-order valence-electron chi connectivity index (χ3n) is 2.26. The van der Waals surface area contributed by atoms with Gasteiger partial charge in [-0.15, -0.1) is 11.3 Å². The molecule has 0 aliphatic heterocycles. The number of anilines is 1. The fourth-order valence-corrected chi connectivity index (χ4v) is 3.36. The fraction of sp³-hybridized carbons (Fsp3) is 0. The van der Waals surface area contributed by atoms with Crippen LogP contribution in [0.4, 0.5) is 10.1 Å². The second kappa shape index (κ2) is 4.98. The van der Waals surface area contributed by atoms with E-state index in [9.17, 15) is 17.6 Å². The van der Waals surface area contributed by atoms with Gasteiger partial charge in [-0.3, -0.25) is 9.52 Å². The van der Waals surface area contributed by atoms with Crippen LogP contribution in [0.25, 0.3) is 0 Å². The summed E-state index contributed by atoms with van der Waals surface area (Å²) >= 11 is 1.00. The number of sulfonamides is 1. The molecule has 5 nitrogen and oxygen atoms in total. The van der Waals surface area contributed by atoms with Crippen LogP contribution >= 0.6 is 11.3 Å². The van der Waals surface area contributed by atoms with E-state index in [0.717, 1.165) is 23.5 Å². The number of hydrogen-bond donors (Lipinski definition) is 2. The summed E-state index contributed by atoms with van der Waals surface area (Å²) in [6.07, 6.45) is 0. The highest BCUT2D eigenvalue weighted by Crippen LogP contribution is 2.25. The first kappa shape index (κ1) is 13.5. The van der Waals surface area contributed by atoms with E-state index in [4.69, 9.17) is 5.73 Å². The van der Waals surface area contributed by atoms with Gasteiger partial charge in [0.2, 0.25) is 0 Å². The number of hydrogen-bond acceptors (Lipinski definition) is 4. The Morgan fingerprint density at radius 2 is 1.95 bits per heavy atom. The van der Waals surface area contributed by atoms with Gasteiger partial charge in [0.15, 0.2) is 0 Å². The number of rotatable bonds is 4. The van der Waals surface area contributed by atoms with Crippen LogP contribution in [-0.2, 0) is 10.0 Å². The Bertz CT molecular complexity index is 725. The number of nitrogens with one attached hydrogen (secondary N) is 1. The molecule has 0 atom stereocenters. The monoisotopic (exact) mass is 300 g/mol. The second-order valence-corrected chi connectivity index (χ2v) is 6.13. The number of nitrogens with two attached hydrogens (primary N) is 1. The Morgan fingerprint density at radius 1 is 1.26 bits per heavy atom. The molecule has 0 aliphatic carbocycles. The molecule has 8 heteroatoms. The molecule has 0 saturated heterocycles. The Hall–Kier alpha value is -1.93. The zero-order valence-electron chi connectivity index (χ0n) is 9.46. The summed E-state index contributed by atoms with van der Waals surface area (Å²) in [5.74, 6) is -1.62. The zero-order valence-corrected chi connectivity index (χ0v) is 11.1. The van der Waals surface area contributed by atoms with Gasteiger partial charge in [0.05, 0.1) is 5.69 Å². The van der Waals surface area contributed by atoms with Crippen LogP contribution in [0, 0.1) is 5.82 Å². The van der Waals surface area contributed by atoms with Crippen molar-refractivity contribution in [3.8, 4) is 0 Å². The van der Waals surface area contributed by atoms with Crippen LogP contribution < -0.4 is 10.5 Å². The van der Waals surface area contributed by atoms with E-state index in [1.807, 2.05) is 0 Å². The molecule has 3 N–H and O–H groups in total. The largest absolute Gasteiger partial charge is 0.365 e. The van der Waals surface area contributed by atoms with Crippen molar-refractivity contribution in [2.45, 2.75) is 4.90 Å². The number of primary amides is 1. The van der Waals surface area contributed by atoms with E-state index < -0.39 is 26.6 Å². The number of carbonyl (C=O) groups is 1. The van der Waals surface area contributed by atoms with Gasteiger partial charge in [-0.1, -0.05) is 12.1 Å². The molecule has 0 aliphatic rings. The van der Waals surface area contributed by atoms with Gasteiger partial charge in [-0.2, -0.15) is 0 Å². The maximum Gasteiger partial charge on any atom is 0.264 e. The Kier molecular flexibility index (Phi) is 3.54. The fourth-order valence-electron chi connectivity index (χ4n) is 1.44. The topological polar surface area (TPSA) is 89.3 Å². The van der Waals surface area contributed by atoms with Crippen molar-refractivity contribution in [3.05, 3.63) is 46.4 Å². The summed E-state index contributed by atoms with van der Waals surface area (Å²) in [5, 5.41) is 1.51. The normalized spacial score (nSPS) is 11.2. The summed E-state index contributed by atoms with van der Waals surface area (Å²) in [4.78, 5) is 10.7. The predicted molar refractivity (Wildman–Crippen MR) is 70.0 cm³/mol. The summed E-state index contributed by atoms with van der Waals surface area (Å²) < 4.78 is 39.6. The highest BCUT2D eigenvalue weighted by molar-refractivity contribution is 7.92. The second-order valence-electron chi connectivity index (χ2n) is 3.56. The lowest BCUT2D eigenvalue weighted by Crippen LogP contribution is -2.17. The van der Waals surface area contributed by atoms with Crippen molar-refractivity contribution in [2.75, 3.05) is 4.72 Å². The molecular formula is C11H9FN2O3S2. The van der Waals surface area contributed by atoms with E-state index >= 15 is 0 Å². The van der Waals surface area contributed by atoms with Crippen LogP contribution in [-0.4, -0.2) is 14.3 Å². The lowest BCUT2D eigenvalue weighted by atomic mass is 10.3. The molecule has 1 aromatic carbocycles. The number of carbonyl (C=O) groups excluding carboxylic acids is 1. The molecule has 2 aromatic rings. The molecule has 0 saturated carbocycles. The number of halogens is 1. The molecule has 1 amide bonds. The molecule has 0 spiro atoms. The maximum absolute atomic E-state index is 13.5. The van der Waals surface area contributed by atoms with Crippen LogP contribution in [0.2, 0.25) is 0 Å². The number of thiophene rings is 1. The summed E-state index contributed by atoms with van der Waals surface area (Å²) in [5.41, 5.74) is 5.15. The summed E-state index contributed by atoms with van der Waals surface area (Å²) in [6, 6.07) is 6.35. The first-order valence-corrected chi connectivity index (χ1v) is 7.43. The number of amides is 1. The van der Waals surface area contributed by atoms with Crippen LogP contribution in [0.15, 0.2) is 40.6 Å². The lowest BCUT2D eigenvalue weighted by molar-refractivity contribution is 0.100. The van der Waals surface area contributed by atoms with Crippen LogP contribution in [0.5, 0.6) is 0 Å². The van der Waals surface area contributed by atoms with Crippen molar-refractivity contribution in [1.82, 2.24) is 0 Å². The van der Waals surface area contributed by atoms with E-state index in [-0.39, 0.29) is 10.6 Å². The van der Waals surface area contributed by atoms with Gasteiger partial charge >= 0.3 is 0 Å². The Balaban J connectivity index is 2.40. The third kappa shape index (κ3) is 2.74. The lowest BCUT2D eigenvalue weighted by Gasteiger charge is -2.08.